The molecule has 1 amide bonds. The number of aromatic amines is 1. The van der Waals surface area contributed by atoms with Gasteiger partial charge in [-0.05, 0) is 70.7 Å². The topological polar surface area (TPSA) is 86.5 Å². The predicted molar refractivity (Wildman–Crippen MR) is 141 cm³/mol. The number of carbonyl (C=O) groups is 1. The third kappa shape index (κ3) is 5.51. The van der Waals surface area contributed by atoms with Gasteiger partial charge >= 0.3 is 0 Å². The zero-order valence-corrected chi connectivity index (χ0v) is 22.2. The number of nitrogens with zero attached hydrogens (tertiary/aromatic N) is 1. The number of aryl methyl sites for hydroxylation is 2. The first-order chi connectivity index (χ1) is 15.9. The Labute approximate surface area is 212 Å². The number of H-pyrrole nitrogens is 1. The number of amides is 1. The largest absolute Gasteiger partial charge is 0.381 e. The van der Waals surface area contributed by atoms with Gasteiger partial charge in [0.25, 0.3) is 11.5 Å². The Morgan fingerprint density at radius 1 is 1.24 bits per heavy atom. The third-order valence-corrected chi connectivity index (χ3v) is 8.45. The summed E-state index contributed by atoms with van der Waals surface area (Å²) in [5.41, 5.74) is 4.07. The molecule has 2 aromatic heterocycles. The lowest BCUT2D eigenvalue weighted by atomic mass is 9.99. The van der Waals surface area contributed by atoms with Gasteiger partial charge in [0, 0.05) is 60.9 Å². The number of halogens is 1. The van der Waals surface area contributed by atoms with Crippen molar-refractivity contribution in [2.24, 2.45) is 0 Å². The molecule has 2 aromatic rings. The van der Waals surface area contributed by atoms with E-state index < -0.39 is 0 Å². The quantitative estimate of drug-likeness (QED) is 0.529. The highest BCUT2D eigenvalue weighted by molar-refractivity contribution is 7.16. The highest BCUT2D eigenvalue weighted by atomic mass is 35.5. The van der Waals surface area contributed by atoms with Gasteiger partial charge in [0.2, 0.25) is 0 Å². The van der Waals surface area contributed by atoms with Crippen molar-refractivity contribution in [1.29, 1.82) is 0 Å². The molecule has 188 valence electrons. The molecule has 34 heavy (non-hydrogen) atoms. The van der Waals surface area contributed by atoms with E-state index in [0.717, 1.165) is 74.5 Å². The zero-order chi connectivity index (χ0) is 23.5. The molecule has 1 atom stereocenters. The fourth-order valence-corrected chi connectivity index (χ4v) is 6.74. The van der Waals surface area contributed by atoms with Crippen molar-refractivity contribution in [3.63, 3.8) is 0 Å². The van der Waals surface area contributed by atoms with E-state index in [9.17, 15) is 9.59 Å². The van der Waals surface area contributed by atoms with Gasteiger partial charge in [-0.15, -0.1) is 23.7 Å². The normalized spacial score (nSPS) is 18.5. The van der Waals surface area contributed by atoms with Crippen molar-refractivity contribution in [1.82, 2.24) is 15.6 Å². The smallest absolute Gasteiger partial charge is 0.253 e. The van der Waals surface area contributed by atoms with Crippen LogP contribution in [0.1, 0.15) is 69.7 Å². The molecule has 2 aliphatic heterocycles. The van der Waals surface area contributed by atoms with Crippen molar-refractivity contribution < 1.29 is 9.53 Å². The Morgan fingerprint density at radius 3 is 2.59 bits per heavy atom. The summed E-state index contributed by atoms with van der Waals surface area (Å²) in [4.78, 5) is 32.4. The van der Waals surface area contributed by atoms with E-state index in [4.69, 9.17) is 4.74 Å². The Bertz CT molecular complexity index is 1060. The highest BCUT2D eigenvalue weighted by Gasteiger charge is 2.32. The summed E-state index contributed by atoms with van der Waals surface area (Å²) in [6.07, 6.45) is 3.07. The fourth-order valence-electron chi connectivity index (χ4n) is 5.17. The number of anilines is 1. The van der Waals surface area contributed by atoms with E-state index >= 15 is 0 Å². The summed E-state index contributed by atoms with van der Waals surface area (Å²) in [7, 11) is 0. The lowest BCUT2D eigenvalue weighted by molar-refractivity contribution is 0.0847. The molecule has 4 heterocycles. The summed E-state index contributed by atoms with van der Waals surface area (Å²) < 4.78 is 5.59. The van der Waals surface area contributed by atoms with Gasteiger partial charge in [0.15, 0.2) is 0 Å². The van der Waals surface area contributed by atoms with Crippen LogP contribution in [-0.2, 0) is 11.3 Å². The van der Waals surface area contributed by atoms with Crippen LogP contribution in [0.15, 0.2) is 10.9 Å². The molecule has 0 aliphatic carbocycles. The van der Waals surface area contributed by atoms with Gasteiger partial charge in [0.1, 0.15) is 0 Å². The molecule has 1 unspecified atom stereocenters. The Kier molecular flexibility index (Phi) is 9.20. The average Bonchev–Trinajstić information content (AvgIpc) is 3.43. The summed E-state index contributed by atoms with van der Waals surface area (Å²) in [5.74, 6) is 0.264. The second-order valence-electron chi connectivity index (χ2n) is 9.22. The van der Waals surface area contributed by atoms with Crippen LogP contribution in [0.5, 0.6) is 0 Å². The highest BCUT2D eigenvalue weighted by Crippen LogP contribution is 2.42. The molecule has 0 aromatic carbocycles. The third-order valence-electron chi connectivity index (χ3n) is 6.96. The maximum absolute atomic E-state index is 13.5. The van der Waals surface area contributed by atoms with E-state index in [0.29, 0.717) is 17.5 Å². The molecule has 0 bridgehead atoms. The number of pyridine rings is 1. The number of nitrogens with one attached hydrogen (secondary N) is 3. The SMILES string of the molecule is CCN(c1sc(C2CCNC2)c(C(=O)NCc2c(C)cc(C)[nH]c2=O)c1C)C1CCOCC1.Cl. The first kappa shape index (κ1) is 26.7. The standard InChI is InChI=1S/C25H36N4O3S.ClH/c1-5-29(19-7-10-32-11-8-19)25-17(4)21(22(33-25)18-6-9-26-13-18)24(31)27-14-20-15(2)12-16(3)28-23(20)30;/h12,18-19,26H,5-11,13-14H2,1-4H3,(H,27,31)(H,28,30);1H. The van der Waals surface area contributed by atoms with E-state index in [1.54, 1.807) is 11.3 Å². The molecular formula is C25H37ClN4O3S. The summed E-state index contributed by atoms with van der Waals surface area (Å²) >= 11 is 1.78. The minimum atomic E-state index is -0.132. The van der Waals surface area contributed by atoms with Crippen molar-refractivity contribution in [3.05, 3.63) is 49.2 Å². The average molecular weight is 509 g/mol. The minimum absolute atomic E-state index is 0. The van der Waals surface area contributed by atoms with E-state index in [1.165, 1.54) is 9.88 Å². The molecule has 2 aliphatic rings. The molecule has 9 heteroatoms. The summed E-state index contributed by atoms with van der Waals surface area (Å²) in [6.45, 7) is 12.7. The van der Waals surface area contributed by atoms with Crippen molar-refractivity contribution >= 4 is 34.7 Å². The maximum atomic E-state index is 13.5. The minimum Gasteiger partial charge on any atom is -0.381 e. The zero-order valence-electron chi connectivity index (χ0n) is 20.6. The Morgan fingerprint density at radius 2 is 1.97 bits per heavy atom. The second kappa shape index (κ2) is 11.7. The monoisotopic (exact) mass is 508 g/mol. The van der Waals surface area contributed by atoms with Crippen LogP contribution < -0.4 is 21.1 Å². The molecule has 0 spiro atoms. The number of ether oxygens (including phenoxy) is 1. The number of hydrogen-bond acceptors (Lipinski definition) is 6. The van der Waals surface area contributed by atoms with Crippen LogP contribution in [0.4, 0.5) is 5.00 Å². The van der Waals surface area contributed by atoms with Crippen LogP contribution in [0.3, 0.4) is 0 Å². The second-order valence-corrected chi connectivity index (χ2v) is 10.2. The molecule has 3 N–H and O–H groups in total. The van der Waals surface area contributed by atoms with Crippen molar-refractivity contribution in [2.75, 3.05) is 37.7 Å². The van der Waals surface area contributed by atoms with E-state index in [-0.39, 0.29) is 30.4 Å². The van der Waals surface area contributed by atoms with Gasteiger partial charge in [-0.1, -0.05) is 0 Å². The van der Waals surface area contributed by atoms with Crippen LogP contribution in [0.25, 0.3) is 0 Å². The predicted octanol–water partition coefficient (Wildman–Crippen LogP) is 3.80. The molecule has 2 saturated heterocycles. The van der Waals surface area contributed by atoms with Gasteiger partial charge in [-0.2, -0.15) is 0 Å². The lowest BCUT2D eigenvalue weighted by Gasteiger charge is -2.35. The molecule has 0 radical (unpaired) electrons. The first-order valence-corrected chi connectivity index (χ1v) is 12.9. The maximum Gasteiger partial charge on any atom is 0.253 e. The number of rotatable bonds is 7. The molecule has 7 nitrogen and oxygen atoms in total. The van der Waals surface area contributed by atoms with Crippen LogP contribution in [0.2, 0.25) is 0 Å². The van der Waals surface area contributed by atoms with Crippen molar-refractivity contribution in [3.8, 4) is 0 Å². The van der Waals surface area contributed by atoms with Gasteiger partial charge in [-0.25, -0.2) is 0 Å². The fraction of sp³-hybridized carbons (Fsp3) is 0.600. The van der Waals surface area contributed by atoms with E-state index in [1.807, 2.05) is 19.9 Å². The number of carbonyl (C=O) groups excluding carboxylic acids is 1. The first-order valence-electron chi connectivity index (χ1n) is 12.1. The molecule has 0 saturated carbocycles. The molecule has 2 fully saturated rings. The van der Waals surface area contributed by atoms with Crippen LogP contribution in [0, 0.1) is 20.8 Å². The van der Waals surface area contributed by atoms with Crippen molar-refractivity contribution in [2.45, 2.75) is 65.5 Å². The number of aromatic nitrogens is 1. The summed E-state index contributed by atoms with van der Waals surface area (Å²) in [5, 5.41) is 7.72. The van der Waals surface area contributed by atoms with Crippen LogP contribution >= 0.6 is 23.7 Å². The number of hydrogen-bond donors (Lipinski definition) is 3. The van der Waals surface area contributed by atoms with E-state index in [2.05, 4.69) is 34.4 Å². The van der Waals surface area contributed by atoms with Crippen LogP contribution in [-0.4, -0.2) is 49.8 Å². The van der Waals surface area contributed by atoms with Gasteiger partial charge < -0.3 is 25.3 Å². The lowest BCUT2D eigenvalue weighted by Crippen LogP contribution is -2.39. The van der Waals surface area contributed by atoms with Gasteiger partial charge in [-0.3, -0.25) is 9.59 Å². The summed E-state index contributed by atoms with van der Waals surface area (Å²) in [6, 6.07) is 2.39. The molecule has 4 rings (SSSR count). The molecular weight excluding hydrogens is 472 g/mol. The van der Waals surface area contributed by atoms with Gasteiger partial charge in [0.05, 0.1) is 10.6 Å². The number of thiophene rings is 1. The Balaban J connectivity index is 0.00000324. The Hall–Kier alpha value is -1.87.